The van der Waals surface area contributed by atoms with Gasteiger partial charge in [-0.2, -0.15) is 5.10 Å². The molecule has 2 N–H and O–H groups in total. The zero-order chi connectivity index (χ0) is 19.2. The van der Waals surface area contributed by atoms with Crippen molar-refractivity contribution in [1.29, 1.82) is 0 Å². The number of nitro benzene ring substituents is 1. The first-order chi connectivity index (χ1) is 13.0. The predicted octanol–water partition coefficient (Wildman–Crippen LogP) is 4.31. The summed E-state index contributed by atoms with van der Waals surface area (Å²) in [4.78, 5) is 10.2. The number of nitrogens with zero attached hydrogens (tertiary/aromatic N) is 2. The number of thiocarbonyl (C=S) groups is 1. The smallest absolute Gasteiger partial charge is 0.269 e. The summed E-state index contributed by atoms with van der Waals surface area (Å²) in [5.74, 6) is 0.636. The fraction of sp³-hybridized carbons (Fsp3) is 0. The second kappa shape index (κ2) is 8.19. The van der Waals surface area contributed by atoms with Crippen molar-refractivity contribution in [3.8, 4) is 11.3 Å². The van der Waals surface area contributed by atoms with Crippen molar-refractivity contribution < 1.29 is 13.7 Å². The van der Waals surface area contributed by atoms with Gasteiger partial charge in [0, 0.05) is 23.4 Å². The minimum Gasteiger partial charge on any atom is -0.455 e. The summed E-state index contributed by atoms with van der Waals surface area (Å²) in [5.41, 5.74) is 3.82. The van der Waals surface area contributed by atoms with Crippen molar-refractivity contribution >= 4 is 34.9 Å². The highest BCUT2D eigenvalue weighted by Gasteiger charge is 2.08. The van der Waals surface area contributed by atoms with Crippen LogP contribution < -0.4 is 10.7 Å². The molecule has 1 aromatic heterocycles. The third-order valence-electron chi connectivity index (χ3n) is 3.43. The number of rotatable bonds is 5. The minimum absolute atomic E-state index is 0.00982. The third-order valence-corrected chi connectivity index (χ3v) is 3.62. The Morgan fingerprint density at radius 1 is 1.19 bits per heavy atom. The lowest BCUT2D eigenvalue weighted by molar-refractivity contribution is -0.384. The van der Waals surface area contributed by atoms with Crippen molar-refractivity contribution in [2.75, 3.05) is 5.32 Å². The number of non-ortho nitro benzene ring substituents is 1. The largest absolute Gasteiger partial charge is 0.455 e. The molecule has 0 atom stereocenters. The first kappa shape index (κ1) is 18.2. The first-order valence-corrected chi connectivity index (χ1v) is 8.12. The fourth-order valence-electron chi connectivity index (χ4n) is 2.20. The minimum atomic E-state index is -0.462. The molecule has 9 heteroatoms. The Hall–Kier alpha value is -3.59. The summed E-state index contributed by atoms with van der Waals surface area (Å²) >= 11 is 5.07. The molecule has 3 aromatic rings. The quantitative estimate of drug-likeness (QED) is 0.295. The fourth-order valence-corrected chi connectivity index (χ4v) is 2.38. The molecule has 0 saturated heterocycles. The van der Waals surface area contributed by atoms with Gasteiger partial charge in [-0.1, -0.05) is 6.07 Å². The van der Waals surface area contributed by atoms with Crippen LogP contribution >= 0.6 is 12.2 Å². The highest BCUT2D eigenvalue weighted by molar-refractivity contribution is 7.80. The van der Waals surface area contributed by atoms with E-state index in [0.29, 0.717) is 22.8 Å². The van der Waals surface area contributed by atoms with Gasteiger partial charge < -0.3 is 9.73 Å². The van der Waals surface area contributed by atoms with E-state index in [1.54, 1.807) is 36.4 Å². The number of nitro groups is 1. The average molecular weight is 384 g/mol. The maximum Gasteiger partial charge on any atom is 0.269 e. The second-order valence-corrected chi connectivity index (χ2v) is 5.75. The van der Waals surface area contributed by atoms with E-state index >= 15 is 0 Å². The number of nitrogens with one attached hydrogen (secondary N) is 2. The molecule has 136 valence electrons. The maximum atomic E-state index is 13.1. The van der Waals surface area contributed by atoms with Crippen LogP contribution in [-0.2, 0) is 0 Å². The van der Waals surface area contributed by atoms with Crippen LogP contribution in [0.25, 0.3) is 11.3 Å². The lowest BCUT2D eigenvalue weighted by Gasteiger charge is -2.06. The van der Waals surface area contributed by atoms with Gasteiger partial charge in [0.2, 0.25) is 0 Å². The SMILES string of the molecule is O=[N+]([O-])c1ccc(-c2ccc(/C=N/NC(=S)Nc3cccc(F)c3)o2)cc1. The lowest BCUT2D eigenvalue weighted by atomic mass is 10.1. The Labute approximate surface area is 158 Å². The van der Waals surface area contributed by atoms with Crippen LogP contribution in [0.4, 0.5) is 15.8 Å². The van der Waals surface area contributed by atoms with E-state index in [2.05, 4.69) is 15.8 Å². The number of hydrazone groups is 1. The molecule has 0 spiro atoms. The van der Waals surface area contributed by atoms with Crippen LogP contribution in [0.5, 0.6) is 0 Å². The first-order valence-electron chi connectivity index (χ1n) is 7.71. The zero-order valence-corrected chi connectivity index (χ0v) is 14.6. The van der Waals surface area contributed by atoms with Gasteiger partial charge >= 0.3 is 0 Å². The van der Waals surface area contributed by atoms with Gasteiger partial charge in [0.05, 0.1) is 11.1 Å². The van der Waals surface area contributed by atoms with Gasteiger partial charge in [-0.3, -0.25) is 15.5 Å². The summed E-state index contributed by atoms with van der Waals surface area (Å²) in [6.45, 7) is 0. The molecule has 0 fully saturated rings. The van der Waals surface area contributed by atoms with E-state index in [-0.39, 0.29) is 16.6 Å². The van der Waals surface area contributed by atoms with Gasteiger partial charge in [0.25, 0.3) is 5.69 Å². The molecule has 0 amide bonds. The Morgan fingerprint density at radius 2 is 1.96 bits per heavy atom. The molecule has 7 nitrogen and oxygen atoms in total. The van der Waals surface area contributed by atoms with E-state index in [1.807, 2.05) is 0 Å². The van der Waals surface area contributed by atoms with Crippen LogP contribution in [-0.4, -0.2) is 16.3 Å². The number of anilines is 1. The van der Waals surface area contributed by atoms with Crippen molar-refractivity contribution in [2.24, 2.45) is 5.10 Å². The van der Waals surface area contributed by atoms with Gasteiger partial charge in [-0.15, -0.1) is 0 Å². The van der Waals surface area contributed by atoms with Crippen molar-refractivity contribution in [3.05, 3.63) is 82.4 Å². The average Bonchev–Trinajstić information content (AvgIpc) is 3.10. The molecule has 0 bridgehead atoms. The van der Waals surface area contributed by atoms with Crippen LogP contribution in [0.2, 0.25) is 0 Å². The number of benzene rings is 2. The van der Waals surface area contributed by atoms with Crippen LogP contribution in [0, 0.1) is 15.9 Å². The number of hydrogen-bond donors (Lipinski definition) is 2. The Balaban J connectivity index is 1.58. The Bertz CT molecular complexity index is 1000. The molecule has 0 unspecified atom stereocenters. The summed E-state index contributed by atoms with van der Waals surface area (Å²) in [6.07, 6.45) is 1.43. The maximum absolute atomic E-state index is 13.1. The van der Waals surface area contributed by atoms with E-state index in [1.165, 1.54) is 30.5 Å². The molecule has 0 radical (unpaired) electrons. The molecule has 27 heavy (non-hydrogen) atoms. The molecule has 0 aliphatic rings. The van der Waals surface area contributed by atoms with Crippen LogP contribution in [0.1, 0.15) is 5.76 Å². The van der Waals surface area contributed by atoms with E-state index in [4.69, 9.17) is 16.6 Å². The standard InChI is InChI=1S/C18H13FN4O3S/c19-13-2-1-3-14(10-13)21-18(27)22-20-11-16-8-9-17(26-16)12-4-6-15(7-5-12)23(24)25/h1-11H,(H2,21,22,27)/b20-11+. The zero-order valence-electron chi connectivity index (χ0n) is 13.8. The lowest BCUT2D eigenvalue weighted by Crippen LogP contribution is -2.23. The van der Waals surface area contributed by atoms with Gasteiger partial charge in [-0.05, 0) is 54.7 Å². The monoisotopic (exact) mass is 384 g/mol. The normalized spacial score (nSPS) is 10.7. The van der Waals surface area contributed by atoms with Crippen LogP contribution in [0.15, 0.2) is 70.2 Å². The van der Waals surface area contributed by atoms with Gasteiger partial charge in [0.1, 0.15) is 17.3 Å². The van der Waals surface area contributed by atoms with E-state index < -0.39 is 4.92 Å². The predicted molar refractivity (Wildman–Crippen MR) is 104 cm³/mol. The summed E-state index contributed by atoms with van der Waals surface area (Å²) in [5, 5.41) is 17.6. The van der Waals surface area contributed by atoms with E-state index in [9.17, 15) is 14.5 Å². The number of furan rings is 1. The van der Waals surface area contributed by atoms with Crippen molar-refractivity contribution in [2.45, 2.75) is 0 Å². The van der Waals surface area contributed by atoms with Crippen molar-refractivity contribution in [1.82, 2.24) is 5.43 Å². The molecule has 0 aliphatic heterocycles. The highest BCUT2D eigenvalue weighted by Crippen LogP contribution is 2.24. The molecule has 0 saturated carbocycles. The Morgan fingerprint density at radius 3 is 2.67 bits per heavy atom. The molecular weight excluding hydrogens is 371 g/mol. The molecule has 1 heterocycles. The van der Waals surface area contributed by atoms with Gasteiger partial charge in [0.15, 0.2) is 5.11 Å². The molecule has 0 aliphatic carbocycles. The highest BCUT2D eigenvalue weighted by atomic mass is 32.1. The van der Waals surface area contributed by atoms with E-state index in [0.717, 1.165) is 0 Å². The topological polar surface area (TPSA) is 92.7 Å². The summed E-state index contributed by atoms with van der Waals surface area (Å²) < 4.78 is 18.7. The third kappa shape index (κ3) is 4.95. The van der Waals surface area contributed by atoms with Crippen molar-refractivity contribution in [3.63, 3.8) is 0 Å². The second-order valence-electron chi connectivity index (χ2n) is 5.34. The summed E-state index contributed by atoms with van der Waals surface area (Å²) in [6, 6.07) is 15.3. The summed E-state index contributed by atoms with van der Waals surface area (Å²) in [7, 11) is 0. The molecule has 2 aromatic carbocycles. The van der Waals surface area contributed by atoms with Crippen LogP contribution in [0.3, 0.4) is 0 Å². The molecular formula is C18H13FN4O3S. The molecule has 3 rings (SSSR count). The van der Waals surface area contributed by atoms with Gasteiger partial charge in [-0.25, -0.2) is 4.39 Å². The number of hydrogen-bond acceptors (Lipinski definition) is 5. The Kier molecular flexibility index (Phi) is 5.53. The number of halogens is 1.